The maximum absolute atomic E-state index is 12.4. The van der Waals surface area contributed by atoms with Gasteiger partial charge in [0.05, 0.1) is 29.5 Å². The van der Waals surface area contributed by atoms with E-state index in [0.717, 1.165) is 11.3 Å². The molecule has 1 aromatic carbocycles. The number of hydrogen-bond donors (Lipinski definition) is 1. The van der Waals surface area contributed by atoms with E-state index in [1.165, 1.54) is 10.9 Å². The van der Waals surface area contributed by atoms with Gasteiger partial charge in [-0.25, -0.2) is 14.8 Å². The van der Waals surface area contributed by atoms with Crippen molar-refractivity contribution >= 4 is 39.2 Å². The number of benzene rings is 1. The molecule has 8 nitrogen and oxygen atoms in total. The standard InChI is InChI=1S/C17H16N4O4S/c1-3-25-16(24)14-10(2)19-17(26-14)20-13(22)8-21-9-18-12-7-5-4-6-11(12)15(21)23/h4-7,9H,3,8H2,1-2H3,(H,19,20,22). The molecule has 134 valence electrons. The Bertz CT molecular complexity index is 1040. The number of amides is 1. The van der Waals surface area contributed by atoms with E-state index in [2.05, 4.69) is 15.3 Å². The summed E-state index contributed by atoms with van der Waals surface area (Å²) in [5.74, 6) is -0.911. The summed E-state index contributed by atoms with van der Waals surface area (Å²) in [6, 6.07) is 6.92. The van der Waals surface area contributed by atoms with Crippen LogP contribution in [0.15, 0.2) is 35.4 Å². The van der Waals surface area contributed by atoms with E-state index in [1.54, 1.807) is 38.1 Å². The quantitative estimate of drug-likeness (QED) is 0.687. The molecule has 0 saturated heterocycles. The number of esters is 1. The van der Waals surface area contributed by atoms with Crippen LogP contribution in [0.5, 0.6) is 0 Å². The van der Waals surface area contributed by atoms with Crippen LogP contribution >= 0.6 is 11.3 Å². The molecule has 0 saturated carbocycles. The molecular weight excluding hydrogens is 356 g/mol. The summed E-state index contributed by atoms with van der Waals surface area (Å²) < 4.78 is 6.17. The zero-order chi connectivity index (χ0) is 18.7. The highest BCUT2D eigenvalue weighted by Crippen LogP contribution is 2.23. The number of carbonyl (C=O) groups excluding carboxylic acids is 2. The summed E-state index contributed by atoms with van der Waals surface area (Å²) in [5, 5.41) is 3.31. The van der Waals surface area contributed by atoms with E-state index in [0.29, 0.717) is 21.5 Å². The molecule has 0 bridgehead atoms. The smallest absolute Gasteiger partial charge is 0.350 e. The van der Waals surface area contributed by atoms with Crippen molar-refractivity contribution in [2.45, 2.75) is 20.4 Å². The topological polar surface area (TPSA) is 103 Å². The summed E-state index contributed by atoms with van der Waals surface area (Å²) in [5.41, 5.74) is 0.755. The Morgan fingerprint density at radius 1 is 1.31 bits per heavy atom. The lowest BCUT2D eigenvalue weighted by Gasteiger charge is -2.06. The van der Waals surface area contributed by atoms with Crippen LogP contribution in [0.25, 0.3) is 10.9 Å². The third-order valence-electron chi connectivity index (χ3n) is 3.55. The number of nitrogens with zero attached hydrogens (tertiary/aromatic N) is 3. The van der Waals surface area contributed by atoms with Gasteiger partial charge in [-0.15, -0.1) is 0 Å². The largest absolute Gasteiger partial charge is 0.462 e. The minimum atomic E-state index is -0.474. The van der Waals surface area contributed by atoms with Gasteiger partial charge in [-0.05, 0) is 26.0 Å². The maximum Gasteiger partial charge on any atom is 0.350 e. The van der Waals surface area contributed by atoms with E-state index >= 15 is 0 Å². The molecule has 0 aliphatic rings. The van der Waals surface area contributed by atoms with Gasteiger partial charge in [-0.3, -0.25) is 14.2 Å². The lowest BCUT2D eigenvalue weighted by Crippen LogP contribution is -2.27. The number of ether oxygens (including phenoxy) is 1. The first-order valence-corrected chi connectivity index (χ1v) is 8.69. The van der Waals surface area contributed by atoms with E-state index in [-0.39, 0.29) is 23.8 Å². The fraction of sp³-hybridized carbons (Fsp3) is 0.235. The average molecular weight is 372 g/mol. The molecule has 3 aromatic rings. The summed E-state index contributed by atoms with van der Waals surface area (Å²) in [7, 11) is 0. The van der Waals surface area contributed by atoms with Crippen LogP contribution in [-0.4, -0.2) is 33.0 Å². The molecule has 0 radical (unpaired) electrons. The number of rotatable bonds is 5. The number of anilines is 1. The Hall–Kier alpha value is -3.07. The van der Waals surface area contributed by atoms with Gasteiger partial charge in [0.25, 0.3) is 5.56 Å². The highest BCUT2D eigenvalue weighted by molar-refractivity contribution is 7.17. The van der Waals surface area contributed by atoms with Crippen molar-refractivity contribution in [3.63, 3.8) is 0 Å². The van der Waals surface area contributed by atoms with E-state index in [4.69, 9.17) is 4.74 Å². The Morgan fingerprint density at radius 3 is 2.85 bits per heavy atom. The maximum atomic E-state index is 12.4. The molecule has 1 N–H and O–H groups in total. The molecule has 0 atom stereocenters. The van der Waals surface area contributed by atoms with E-state index < -0.39 is 11.9 Å². The summed E-state index contributed by atoms with van der Waals surface area (Å²) in [6.45, 7) is 3.43. The van der Waals surface area contributed by atoms with E-state index in [9.17, 15) is 14.4 Å². The fourth-order valence-corrected chi connectivity index (χ4v) is 3.24. The van der Waals surface area contributed by atoms with Crippen molar-refractivity contribution in [3.8, 4) is 0 Å². The van der Waals surface area contributed by atoms with Crippen LogP contribution in [0, 0.1) is 6.92 Å². The van der Waals surface area contributed by atoms with Crippen LogP contribution in [-0.2, 0) is 16.1 Å². The van der Waals surface area contributed by atoms with Crippen molar-refractivity contribution in [3.05, 3.63) is 51.5 Å². The highest BCUT2D eigenvalue weighted by Gasteiger charge is 2.18. The second kappa shape index (κ2) is 7.44. The molecule has 1 amide bonds. The van der Waals surface area contributed by atoms with Crippen molar-refractivity contribution in [2.24, 2.45) is 0 Å². The first-order chi connectivity index (χ1) is 12.5. The third-order valence-corrected chi connectivity index (χ3v) is 4.60. The molecule has 0 fully saturated rings. The predicted octanol–water partition coefficient (Wildman–Crippen LogP) is 1.98. The second-order valence-electron chi connectivity index (χ2n) is 5.40. The summed E-state index contributed by atoms with van der Waals surface area (Å²) >= 11 is 1.03. The SMILES string of the molecule is CCOC(=O)c1sc(NC(=O)Cn2cnc3ccccc3c2=O)nc1C. The number of aromatic nitrogens is 3. The number of para-hydroxylation sites is 1. The Labute approximate surface area is 152 Å². The first-order valence-electron chi connectivity index (χ1n) is 7.88. The van der Waals surface area contributed by atoms with Gasteiger partial charge < -0.3 is 10.1 Å². The molecule has 2 aromatic heterocycles. The number of nitrogens with one attached hydrogen (secondary N) is 1. The zero-order valence-electron chi connectivity index (χ0n) is 14.2. The predicted molar refractivity (Wildman–Crippen MR) is 97.4 cm³/mol. The number of carbonyl (C=O) groups is 2. The number of aryl methyl sites for hydroxylation is 1. The first kappa shape index (κ1) is 17.7. The fourth-order valence-electron chi connectivity index (χ4n) is 2.37. The minimum Gasteiger partial charge on any atom is -0.462 e. The highest BCUT2D eigenvalue weighted by atomic mass is 32.1. The Balaban J connectivity index is 1.76. The molecule has 0 aliphatic carbocycles. The van der Waals surface area contributed by atoms with Crippen molar-refractivity contribution in [2.75, 3.05) is 11.9 Å². The number of hydrogen-bond acceptors (Lipinski definition) is 7. The van der Waals surface area contributed by atoms with Crippen LogP contribution in [0.1, 0.15) is 22.3 Å². The van der Waals surface area contributed by atoms with Gasteiger partial charge in [-0.2, -0.15) is 0 Å². The van der Waals surface area contributed by atoms with E-state index in [1.807, 2.05) is 0 Å². The second-order valence-corrected chi connectivity index (χ2v) is 6.40. The normalized spacial score (nSPS) is 10.7. The van der Waals surface area contributed by atoms with Gasteiger partial charge in [0, 0.05) is 0 Å². The molecule has 3 rings (SSSR count). The molecule has 0 unspecified atom stereocenters. The molecule has 2 heterocycles. The van der Waals surface area contributed by atoms with Crippen molar-refractivity contribution in [1.29, 1.82) is 0 Å². The zero-order valence-corrected chi connectivity index (χ0v) is 15.0. The van der Waals surface area contributed by atoms with Crippen LogP contribution in [0.3, 0.4) is 0 Å². The monoisotopic (exact) mass is 372 g/mol. The molecule has 26 heavy (non-hydrogen) atoms. The van der Waals surface area contributed by atoms with Gasteiger partial charge in [0.2, 0.25) is 5.91 Å². The Morgan fingerprint density at radius 2 is 2.08 bits per heavy atom. The van der Waals surface area contributed by atoms with Gasteiger partial charge in [-0.1, -0.05) is 23.5 Å². The number of fused-ring (bicyclic) bond motifs is 1. The lowest BCUT2D eigenvalue weighted by atomic mass is 10.2. The van der Waals surface area contributed by atoms with Crippen LogP contribution in [0.2, 0.25) is 0 Å². The molecule has 0 spiro atoms. The minimum absolute atomic E-state index is 0.204. The van der Waals surface area contributed by atoms with Crippen LogP contribution in [0.4, 0.5) is 5.13 Å². The lowest BCUT2D eigenvalue weighted by molar-refractivity contribution is -0.116. The Kier molecular flexibility index (Phi) is 5.08. The molecular formula is C17H16N4O4S. The van der Waals surface area contributed by atoms with Crippen LogP contribution < -0.4 is 10.9 Å². The third kappa shape index (κ3) is 3.62. The average Bonchev–Trinajstić information content (AvgIpc) is 2.98. The summed E-state index contributed by atoms with van der Waals surface area (Å²) in [4.78, 5) is 45.1. The molecule has 0 aliphatic heterocycles. The van der Waals surface area contributed by atoms with Gasteiger partial charge in [0.15, 0.2) is 5.13 Å². The summed E-state index contributed by atoms with van der Waals surface area (Å²) in [6.07, 6.45) is 1.33. The number of thiazole rings is 1. The molecule has 9 heteroatoms. The van der Waals surface area contributed by atoms with Crippen molar-refractivity contribution < 1.29 is 14.3 Å². The van der Waals surface area contributed by atoms with Crippen molar-refractivity contribution in [1.82, 2.24) is 14.5 Å². The van der Waals surface area contributed by atoms with Gasteiger partial charge in [0.1, 0.15) is 11.4 Å². The van der Waals surface area contributed by atoms with Gasteiger partial charge >= 0.3 is 5.97 Å².